The van der Waals surface area contributed by atoms with Crippen LogP contribution in [0.3, 0.4) is 0 Å². The van der Waals surface area contributed by atoms with Gasteiger partial charge in [0.05, 0.1) is 15.9 Å². The predicted octanol–water partition coefficient (Wildman–Crippen LogP) is 4.62. The van der Waals surface area contributed by atoms with Crippen LogP contribution in [0, 0.1) is 22.7 Å². The van der Waals surface area contributed by atoms with Gasteiger partial charge in [-0.05, 0) is 63.0 Å². The molecular formula is C20H26Cl2O2. The summed E-state index contributed by atoms with van der Waals surface area (Å²) in [6.07, 6.45) is 9.79. The van der Waals surface area contributed by atoms with Gasteiger partial charge in [0, 0.05) is 10.8 Å². The summed E-state index contributed by atoms with van der Waals surface area (Å²) < 4.78 is 0. The monoisotopic (exact) mass is 368 g/mol. The first-order valence-corrected chi connectivity index (χ1v) is 9.87. The third kappa shape index (κ3) is 1.81. The lowest BCUT2D eigenvalue weighted by atomic mass is 9.46. The SMILES string of the molecule is C[C@]12C=CC(=O)C=C1CC[C@H]1[C@@H]3CC[C@@](C)(O)[C@@]3(C)C[C@@H](Cl)[C@@]12Cl. The van der Waals surface area contributed by atoms with Gasteiger partial charge < -0.3 is 5.11 Å². The summed E-state index contributed by atoms with van der Waals surface area (Å²) in [6, 6.07) is 0. The van der Waals surface area contributed by atoms with Gasteiger partial charge in [-0.25, -0.2) is 0 Å². The van der Waals surface area contributed by atoms with Crippen LogP contribution < -0.4 is 0 Å². The number of ketones is 1. The number of rotatable bonds is 0. The van der Waals surface area contributed by atoms with Gasteiger partial charge in [-0.1, -0.05) is 25.5 Å². The lowest BCUT2D eigenvalue weighted by molar-refractivity contribution is -0.111. The third-order valence-electron chi connectivity index (χ3n) is 8.16. The highest BCUT2D eigenvalue weighted by Gasteiger charge is 2.70. The van der Waals surface area contributed by atoms with Gasteiger partial charge in [-0.2, -0.15) is 0 Å². The fraction of sp³-hybridized carbons (Fsp3) is 0.750. The maximum absolute atomic E-state index is 11.9. The minimum absolute atomic E-state index is 0.0526. The summed E-state index contributed by atoms with van der Waals surface area (Å²) in [5, 5.41) is 10.8. The van der Waals surface area contributed by atoms with Crippen molar-refractivity contribution in [2.45, 2.75) is 68.7 Å². The molecule has 3 saturated carbocycles. The topological polar surface area (TPSA) is 37.3 Å². The highest BCUT2D eigenvalue weighted by atomic mass is 35.5. The van der Waals surface area contributed by atoms with Crippen LogP contribution in [0.2, 0.25) is 0 Å². The molecule has 4 rings (SSSR count). The molecule has 0 amide bonds. The Morgan fingerprint density at radius 1 is 1.21 bits per heavy atom. The maximum atomic E-state index is 11.9. The van der Waals surface area contributed by atoms with Crippen LogP contribution in [0.15, 0.2) is 23.8 Å². The molecule has 0 saturated heterocycles. The van der Waals surface area contributed by atoms with Crippen molar-refractivity contribution in [1.29, 1.82) is 0 Å². The van der Waals surface area contributed by atoms with Crippen molar-refractivity contribution in [1.82, 2.24) is 0 Å². The Morgan fingerprint density at radius 3 is 2.62 bits per heavy atom. The zero-order valence-corrected chi connectivity index (χ0v) is 16.1. The number of fused-ring (bicyclic) bond motifs is 5. The van der Waals surface area contributed by atoms with E-state index in [1.807, 2.05) is 13.0 Å². The molecule has 0 aromatic heterocycles. The zero-order chi connectivity index (χ0) is 17.5. The van der Waals surface area contributed by atoms with E-state index in [1.54, 1.807) is 12.2 Å². The first-order valence-electron chi connectivity index (χ1n) is 9.06. The molecule has 0 spiro atoms. The molecule has 4 aliphatic rings. The Balaban J connectivity index is 1.84. The Hall–Kier alpha value is -0.310. The third-order valence-corrected chi connectivity index (χ3v) is 9.71. The first-order chi connectivity index (χ1) is 11.1. The van der Waals surface area contributed by atoms with Crippen molar-refractivity contribution in [3.8, 4) is 0 Å². The van der Waals surface area contributed by atoms with Gasteiger partial charge in [0.1, 0.15) is 0 Å². The molecular weight excluding hydrogens is 343 g/mol. The molecule has 2 nitrogen and oxygen atoms in total. The summed E-state index contributed by atoms with van der Waals surface area (Å²) >= 11 is 14.4. The molecule has 0 radical (unpaired) electrons. The molecule has 0 unspecified atom stereocenters. The van der Waals surface area contributed by atoms with Crippen molar-refractivity contribution >= 4 is 29.0 Å². The Kier molecular flexibility index (Phi) is 3.49. The van der Waals surface area contributed by atoms with Gasteiger partial charge in [0.25, 0.3) is 0 Å². The standard InChI is InChI=1S/C20H26Cl2O2/c1-17-8-6-13(23)10-12(17)4-5-15-14-7-9-19(3,24)18(14,2)11-16(21)20(15,17)22/h6,8,10,14-16,24H,4-5,7,9,11H2,1-3H3/t14-,15-,16+,17-,18-,19+,20-/m0/s1. The average molecular weight is 369 g/mol. The molecule has 1 N–H and O–H groups in total. The van der Waals surface area contributed by atoms with E-state index in [0.717, 1.165) is 37.7 Å². The normalized spacial score (nSPS) is 56.3. The van der Waals surface area contributed by atoms with Gasteiger partial charge in [0.15, 0.2) is 5.78 Å². The zero-order valence-electron chi connectivity index (χ0n) is 14.6. The van der Waals surface area contributed by atoms with Crippen LogP contribution in [-0.2, 0) is 4.79 Å². The first kappa shape index (κ1) is 17.1. The number of aliphatic hydroxyl groups is 1. The van der Waals surface area contributed by atoms with E-state index in [4.69, 9.17) is 23.2 Å². The fourth-order valence-electron chi connectivity index (χ4n) is 6.37. The Labute approximate surface area is 154 Å². The highest BCUT2D eigenvalue weighted by molar-refractivity contribution is 6.34. The van der Waals surface area contributed by atoms with Crippen molar-refractivity contribution in [2.24, 2.45) is 22.7 Å². The van der Waals surface area contributed by atoms with Gasteiger partial charge in [0.2, 0.25) is 0 Å². The molecule has 7 atom stereocenters. The number of hydrogen-bond acceptors (Lipinski definition) is 2. The quantitative estimate of drug-likeness (QED) is 0.633. The lowest BCUT2D eigenvalue weighted by Gasteiger charge is -2.63. The van der Waals surface area contributed by atoms with E-state index in [2.05, 4.69) is 13.8 Å². The van der Waals surface area contributed by atoms with Crippen LogP contribution in [-0.4, -0.2) is 26.7 Å². The molecule has 24 heavy (non-hydrogen) atoms. The van der Waals surface area contributed by atoms with Gasteiger partial charge in [-0.3, -0.25) is 4.79 Å². The minimum atomic E-state index is -0.682. The largest absolute Gasteiger partial charge is 0.390 e. The molecule has 0 aliphatic heterocycles. The van der Waals surface area contributed by atoms with Crippen molar-refractivity contribution in [2.75, 3.05) is 0 Å². The number of carbonyl (C=O) groups excluding carboxylic acids is 1. The Bertz CT molecular complexity index is 667. The Morgan fingerprint density at radius 2 is 1.92 bits per heavy atom. The van der Waals surface area contributed by atoms with Crippen LogP contribution in [0.25, 0.3) is 0 Å². The van der Waals surface area contributed by atoms with Gasteiger partial charge >= 0.3 is 0 Å². The summed E-state index contributed by atoms with van der Waals surface area (Å²) in [5.41, 5.74) is -0.125. The molecule has 4 heteroatoms. The number of hydrogen-bond donors (Lipinski definition) is 1. The van der Waals surface area contributed by atoms with E-state index in [-0.39, 0.29) is 27.9 Å². The molecule has 3 fully saturated rings. The molecule has 4 aliphatic carbocycles. The molecule has 0 aromatic carbocycles. The molecule has 132 valence electrons. The van der Waals surface area contributed by atoms with Crippen molar-refractivity contribution in [3.63, 3.8) is 0 Å². The lowest BCUT2D eigenvalue weighted by Crippen LogP contribution is -2.66. The average Bonchev–Trinajstić information content (AvgIpc) is 2.72. The number of allylic oxidation sites excluding steroid dienone is 4. The second-order valence-corrected chi connectivity index (χ2v) is 10.2. The van der Waals surface area contributed by atoms with Crippen molar-refractivity contribution < 1.29 is 9.90 Å². The van der Waals surface area contributed by atoms with Crippen LogP contribution in [0.5, 0.6) is 0 Å². The second kappa shape index (κ2) is 4.90. The van der Waals surface area contributed by atoms with E-state index in [1.165, 1.54) is 0 Å². The predicted molar refractivity (Wildman–Crippen MR) is 97.4 cm³/mol. The van der Waals surface area contributed by atoms with Crippen LogP contribution >= 0.6 is 23.2 Å². The molecule has 0 aromatic rings. The second-order valence-electron chi connectivity index (χ2n) is 9.03. The summed E-state index contributed by atoms with van der Waals surface area (Å²) in [7, 11) is 0. The van der Waals surface area contributed by atoms with Crippen LogP contribution in [0.1, 0.15) is 52.9 Å². The van der Waals surface area contributed by atoms with Crippen molar-refractivity contribution in [3.05, 3.63) is 23.8 Å². The minimum Gasteiger partial charge on any atom is -0.390 e. The summed E-state index contributed by atoms with van der Waals surface area (Å²) in [6.45, 7) is 6.31. The van der Waals surface area contributed by atoms with E-state index in [0.29, 0.717) is 5.92 Å². The van der Waals surface area contributed by atoms with E-state index >= 15 is 0 Å². The fourth-order valence-corrected chi connectivity index (χ4v) is 7.60. The maximum Gasteiger partial charge on any atom is 0.178 e. The number of halogens is 2. The molecule has 0 heterocycles. The highest BCUT2D eigenvalue weighted by Crippen LogP contribution is 2.71. The molecule has 0 bridgehead atoms. The van der Waals surface area contributed by atoms with Gasteiger partial charge in [-0.15, -0.1) is 23.2 Å². The van der Waals surface area contributed by atoms with Crippen LogP contribution in [0.4, 0.5) is 0 Å². The summed E-state index contributed by atoms with van der Waals surface area (Å²) in [5.74, 6) is 0.690. The smallest absolute Gasteiger partial charge is 0.178 e. The number of carbonyl (C=O) groups is 1. The van der Waals surface area contributed by atoms with E-state index < -0.39 is 10.5 Å². The number of alkyl halides is 2. The van der Waals surface area contributed by atoms with E-state index in [9.17, 15) is 9.90 Å². The summed E-state index contributed by atoms with van der Waals surface area (Å²) in [4.78, 5) is 11.3.